The lowest BCUT2D eigenvalue weighted by Gasteiger charge is -2.35. The second kappa shape index (κ2) is 13.9. The van der Waals surface area contributed by atoms with Gasteiger partial charge in [0.05, 0.1) is 17.4 Å². The first-order valence-electron chi connectivity index (χ1n) is 13.2. The first kappa shape index (κ1) is 29.9. The van der Waals surface area contributed by atoms with Crippen LogP contribution in [0.3, 0.4) is 0 Å². The fourth-order valence-corrected chi connectivity index (χ4v) is 6.09. The van der Waals surface area contributed by atoms with Crippen molar-refractivity contribution in [2.24, 2.45) is 5.92 Å². The number of ether oxygens (including phenoxy) is 2. The van der Waals surface area contributed by atoms with Gasteiger partial charge in [-0.2, -0.15) is 5.26 Å². The summed E-state index contributed by atoms with van der Waals surface area (Å²) in [6, 6.07) is 2.08. The molecular formula is C27H36N4O5S2. The first-order valence-corrected chi connectivity index (χ1v) is 14.4. The highest BCUT2D eigenvalue weighted by Gasteiger charge is 2.34. The van der Waals surface area contributed by atoms with Crippen LogP contribution >= 0.6 is 24.0 Å². The van der Waals surface area contributed by atoms with Crippen LogP contribution in [0.25, 0.3) is 6.08 Å². The van der Waals surface area contributed by atoms with Gasteiger partial charge in [-0.1, -0.05) is 30.9 Å². The zero-order valence-electron chi connectivity index (χ0n) is 22.6. The number of hydrogen-bond donors (Lipinski definition) is 0. The fraction of sp³-hybridized carbons (Fsp3) is 0.593. The van der Waals surface area contributed by atoms with Crippen LogP contribution in [-0.4, -0.2) is 65.1 Å². The van der Waals surface area contributed by atoms with Crippen LogP contribution in [0.15, 0.2) is 9.70 Å². The molecular weight excluding hydrogens is 524 g/mol. The van der Waals surface area contributed by atoms with E-state index in [9.17, 15) is 19.6 Å². The Bertz CT molecular complexity index is 1200. The molecule has 2 saturated heterocycles. The molecule has 2 aliphatic rings. The van der Waals surface area contributed by atoms with E-state index in [1.54, 1.807) is 29.4 Å². The van der Waals surface area contributed by atoms with Gasteiger partial charge in [0.15, 0.2) is 0 Å². The number of carbonyl (C=O) groups excluding carboxylic acids is 2. The maximum Gasteiger partial charge on any atom is 0.309 e. The molecule has 0 aliphatic carbocycles. The Morgan fingerprint density at radius 2 is 1.89 bits per heavy atom. The molecule has 0 spiro atoms. The molecule has 0 radical (unpaired) electrons. The summed E-state index contributed by atoms with van der Waals surface area (Å²) >= 11 is 6.73. The van der Waals surface area contributed by atoms with Crippen molar-refractivity contribution in [2.75, 3.05) is 44.4 Å². The van der Waals surface area contributed by atoms with Gasteiger partial charge in [-0.05, 0) is 58.1 Å². The molecule has 11 heteroatoms. The van der Waals surface area contributed by atoms with Gasteiger partial charge in [0, 0.05) is 45.0 Å². The molecule has 2 aliphatic heterocycles. The standard InChI is InChI=1S/C27H36N4O5S2/c1-5-11-30-23(29-13-9-19(10-14-29)26(34)36-7-3)20(18(4)21(17-28)24(30)32)16-22-25(33)31(27(37)38-22)12-8-15-35-6-2/h16,19H,5-15H2,1-4H3. The average Bonchev–Trinajstić information content (AvgIpc) is 3.17. The zero-order valence-corrected chi connectivity index (χ0v) is 24.2. The summed E-state index contributed by atoms with van der Waals surface area (Å²) in [4.78, 5) is 43.1. The molecule has 3 heterocycles. The molecule has 38 heavy (non-hydrogen) atoms. The SMILES string of the molecule is CCCn1c(N2CCC(C(=O)OCC)CC2)c(C=C2SC(=S)N(CCCOCC)C2=O)c(C)c(C#N)c1=O. The zero-order chi connectivity index (χ0) is 27.8. The summed E-state index contributed by atoms with van der Waals surface area (Å²) < 4.78 is 12.7. The van der Waals surface area contributed by atoms with E-state index in [1.807, 2.05) is 13.8 Å². The monoisotopic (exact) mass is 560 g/mol. The minimum atomic E-state index is -0.338. The lowest BCUT2D eigenvalue weighted by atomic mass is 9.95. The number of anilines is 1. The van der Waals surface area contributed by atoms with Gasteiger partial charge in [-0.25, -0.2) is 0 Å². The van der Waals surface area contributed by atoms with Crippen molar-refractivity contribution in [1.82, 2.24) is 9.47 Å². The predicted octanol–water partition coefficient (Wildman–Crippen LogP) is 3.85. The van der Waals surface area contributed by atoms with E-state index in [2.05, 4.69) is 11.0 Å². The number of hydrogen-bond acceptors (Lipinski definition) is 9. The normalized spacial score (nSPS) is 17.4. The predicted molar refractivity (Wildman–Crippen MR) is 153 cm³/mol. The number of pyridine rings is 1. The van der Waals surface area contributed by atoms with Crippen molar-refractivity contribution in [3.8, 4) is 6.07 Å². The van der Waals surface area contributed by atoms with Gasteiger partial charge < -0.3 is 14.4 Å². The Morgan fingerprint density at radius 1 is 1.18 bits per heavy atom. The van der Waals surface area contributed by atoms with E-state index in [-0.39, 0.29) is 28.9 Å². The third-order valence-electron chi connectivity index (χ3n) is 6.73. The number of esters is 1. The van der Waals surface area contributed by atoms with E-state index in [1.165, 1.54) is 11.8 Å². The summed E-state index contributed by atoms with van der Waals surface area (Å²) in [6.45, 7) is 11.0. The maximum absolute atomic E-state index is 13.4. The molecule has 3 rings (SSSR count). The number of thiocarbonyl (C=S) groups is 1. The van der Waals surface area contributed by atoms with E-state index in [0.717, 1.165) is 0 Å². The van der Waals surface area contributed by atoms with Gasteiger partial charge in [-0.3, -0.25) is 23.9 Å². The Hall–Kier alpha value is -2.68. The topological polar surface area (TPSA) is 105 Å². The number of rotatable bonds is 11. The summed E-state index contributed by atoms with van der Waals surface area (Å²) in [6.07, 6.45) is 4.34. The molecule has 0 N–H and O–H groups in total. The fourth-order valence-electron chi connectivity index (χ4n) is 4.80. The van der Waals surface area contributed by atoms with Gasteiger partial charge in [0.25, 0.3) is 11.5 Å². The van der Waals surface area contributed by atoms with Crippen molar-refractivity contribution in [1.29, 1.82) is 5.26 Å². The van der Waals surface area contributed by atoms with Gasteiger partial charge >= 0.3 is 5.97 Å². The highest BCUT2D eigenvalue weighted by Crippen LogP contribution is 2.37. The van der Waals surface area contributed by atoms with Gasteiger partial charge in [0.1, 0.15) is 21.8 Å². The van der Waals surface area contributed by atoms with Crippen molar-refractivity contribution in [3.63, 3.8) is 0 Å². The number of thioether (sulfide) groups is 1. The molecule has 9 nitrogen and oxygen atoms in total. The van der Waals surface area contributed by atoms with Crippen LogP contribution in [0.5, 0.6) is 0 Å². The molecule has 1 amide bonds. The van der Waals surface area contributed by atoms with Crippen LogP contribution in [0.4, 0.5) is 5.82 Å². The lowest BCUT2D eigenvalue weighted by Crippen LogP contribution is -2.41. The summed E-state index contributed by atoms with van der Waals surface area (Å²) in [5.41, 5.74) is 0.935. The van der Waals surface area contributed by atoms with Crippen LogP contribution < -0.4 is 10.5 Å². The number of amides is 1. The van der Waals surface area contributed by atoms with Crippen molar-refractivity contribution in [2.45, 2.75) is 59.9 Å². The molecule has 0 atom stereocenters. The van der Waals surface area contributed by atoms with Crippen molar-refractivity contribution >= 4 is 52.1 Å². The molecule has 0 unspecified atom stereocenters. The Balaban J connectivity index is 2.03. The molecule has 206 valence electrons. The van der Waals surface area contributed by atoms with Crippen LogP contribution in [0.1, 0.15) is 63.1 Å². The number of nitriles is 1. The van der Waals surface area contributed by atoms with Crippen LogP contribution in [0, 0.1) is 24.2 Å². The minimum Gasteiger partial charge on any atom is -0.466 e. The Morgan fingerprint density at radius 3 is 2.50 bits per heavy atom. The number of piperidine rings is 1. The van der Waals surface area contributed by atoms with E-state index in [0.29, 0.717) is 97.9 Å². The maximum atomic E-state index is 13.4. The summed E-state index contributed by atoms with van der Waals surface area (Å²) in [5.74, 6) is 0.114. The van der Waals surface area contributed by atoms with E-state index in [4.69, 9.17) is 21.7 Å². The molecule has 1 aromatic rings. The van der Waals surface area contributed by atoms with Crippen LogP contribution in [0.2, 0.25) is 0 Å². The van der Waals surface area contributed by atoms with E-state index < -0.39 is 0 Å². The van der Waals surface area contributed by atoms with Gasteiger partial charge in [0.2, 0.25) is 0 Å². The van der Waals surface area contributed by atoms with Crippen LogP contribution in [-0.2, 0) is 25.6 Å². The highest BCUT2D eigenvalue weighted by atomic mass is 32.2. The van der Waals surface area contributed by atoms with Gasteiger partial charge in [-0.15, -0.1) is 0 Å². The third-order valence-corrected chi connectivity index (χ3v) is 8.11. The average molecular weight is 561 g/mol. The Kier molecular flexibility index (Phi) is 10.9. The van der Waals surface area contributed by atoms with E-state index >= 15 is 0 Å². The Labute approximate surface area is 233 Å². The molecule has 0 aromatic carbocycles. The van der Waals surface area contributed by atoms with Crippen molar-refractivity contribution < 1.29 is 19.1 Å². The number of carbonyl (C=O) groups is 2. The molecule has 0 bridgehead atoms. The summed E-state index contributed by atoms with van der Waals surface area (Å²) in [7, 11) is 0. The highest BCUT2D eigenvalue weighted by molar-refractivity contribution is 8.26. The summed E-state index contributed by atoms with van der Waals surface area (Å²) in [5, 5.41) is 9.84. The number of aromatic nitrogens is 1. The second-order valence-electron chi connectivity index (χ2n) is 9.20. The quantitative estimate of drug-likeness (QED) is 0.173. The number of nitrogens with zero attached hydrogens (tertiary/aromatic N) is 4. The molecule has 2 fully saturated rings. The lowest BCUT2D eigenvalue weighted by molar-refractivity contribution is -0.148. The molecule has 0 saturated carbocycles. The van der Waals surface area contributed by atoms with Crippen molar-refractivity contribution in [3.05, 3.63) is 31.9 Å². The molecule has 1 aromatic heterocycles. The minimum absolute atomic E-state index is 0.0713. The smallest absolute Gasteiger partial charge is 0.309 e. The largest absolute Gasteiger partial charge is 0.466 e. The first-order chi connectivity index (χ1) is 18.3. The second-order valence-corrected chi connectivity index (χ2v) is 10.9. The third kappa shape index (κ3) is 6.47.